The molecule has 1 heterocycles. The first-order chi connectivity index (χ1) is 13.0. The second-order valence-corrected chi connectivity index (χ2v) is 6.27. The Morgan fingerprint density at radius 1 is 0.963 bits per heavy atom. The van der Waals surface area contributed by atoms with Gasteiger partial charge in [0.25, 0.3) is 0 Å². The van der Waals surface area contributed by atoms with Crippen LogP contribution in [0.4, 0.5) is 5.69 Å². The summed E-state index contributed by atoms with van der Waals surface area (Å²) in [6.07, 6.45) is 0. The number of nitrogens with zero attached hydrogens (tertiary/aromatic N) is 1. The SMILES string of the molecule is COC(=O)c1ccccc1NCC(=O)c1cc(C)n(-c2ccccc2)c1C. The standard InChI is InChI=1S/C22H22N2O3/c1-15-13-19(16(2)24(15)17-9-5-4-6-10-17)21(25)14-23-20-12-8-7-11-18(20)22(26)27-3/h4-13,23H,14H2,1-3H3. The molecule has 0 bridgehead atoms. The number of esters is 1. The lowest BCUT2D eigenvalue weighted by Crippen LogP contribution is -2.17. The molecule has 5 heteroatoms. The average molecular weight is 362 g/mol. The molecule has 0 unspecified atom stereocenters. The maximum atomic E-state index is 12.8. The monoisotopic (exact) mass is 362 g/mol. The zero-order chi connectivity index (χ0) is 19.4. The minimum Gasteiger partial charge on any atom is -0.465 e. The van der Waals surface area contributed by atoms with Crippen molar-refractivity contribution in [1.29, 1.82) is 0 Å². The Morgan fingerprint density at radius 3 is 2.33 bits per heavy atom. The molecule has 0 fully saturated rings. The molecule has 3 rings (SSSR count). The van der Waals surface area contributed by atoms with Gasteiger partial charge in [-0.25, -0.2) is 4.79 Å². The Morgan fingerprint density at radius 2 is 1.63 bits per heavy atom. The zero-order valence-electron chi connectivity index (χ0n) is 15.7. The summed E-state index contributed by atoms with van der Waals surface area (Å²) in [7, 11) is 1.34. The second-order valence-electron chi connectivity index (χ2n) is 6.27. The van der Waals surface area contributed by atoms with Gasteiger partial charge in [0.1, 0.15) is 0 Å². The van der Waals surface area contributed by atoms with Crippen molar-refractivity contribution < 1.29 is 14.3 Å². The highest BCUT2D eigenvalue weighted by molar-refractivity contribution is 6.02. The van der Waals surface area contributed by atoms with Crippen LogP contribution in [0.1, 0.15) is 32.1 Å². The molecule has 0 saturated carbocycles. The largest absolute Gasteiger partial charge is 0.465 e. The average Bonchev–Trinajstić information content (AvgIpc) is 3.00. The van der Waals surface area contributed by atoms with Crippen molar-refractivity contribution in [2.75, 3.05) is 19.0 Å². The van der Waals surface area contributed by atoms with Crippen LogP contribution in [0.25, 0.3) is 5.69 Å². The molecule has 1 aromatic heterocycles. The number of ketones is 1. The van der Waals surface area contributed by atoms with E-state index in [-0.39, 0.29) is 12.3 Å². The van der Waals surface area contributed by atoms with E-state index in [9.17, 15) is 9.59 Å². The van der Waals surface area contributed by atoms with E-state index < -0.39 is 5.97 Å². The predicted molar refractivity (Wildman–Crippen MR) is 106 cm³/mol. The third-order valence-electron chi connectivity index (χ3n) is 4.52. The van der Waals surface area contributed by atoms with Gasteiger partial charge in [-0.15, -0.1) is 0 Å². The quantitative estimate of drug-likeness (QED) is 0.528. The van der Waals surface area contributed by atoms with Gasteiger partial charge in [-0.2, -0.15) is 0 Å². The fraction of sp³-hybridized carbons (Fsp3) is 0.182. The number of aromatic nitrogens is 1. The Bertz CT molecular complexity index is 974. The van der Waals surface area contributed by atoms with Crippen LogP contribution >= 0.6 is 0 Å². The Labute approximate surface area is 158 Å². The van der Waals surface area contributed by atoms with Crippen LogP contribution in [-0.4, -0.2) is 30.0 Å². The molecule has 0 atom stereocenters. The summed E-state index contributed by atoms with van der Waals surface area (Å²) in [5.41, 5.74) is 4.57. The normalized spacial score (nSPS) is 10.5. The van der Waals surface area contributed by atoms with E-state index >= 15 is 0 Å². The Hall–Kier alpha value is -3.34. The van der Waals surface area contributed by atoms with Gasteiger partial charge in [0.05, 0.1) is 19.2 Å². The smallest absolute Gasteiger partial charge is 0.339 e. The van der Waals surface area contributed by atoms with Crippen molar-refractivity contribution in [3.05, 3.63) is 83.2 Å². The van der Waals surface area contributed by atoms with Crippen molar-refractivity contribution in [2.24, 2.45) is 0 Å². The van der Waals surface area contributed by atoms with E-state index in [1.54, 1.807) is 24.3 Å². The maximum absolute atomic E-state index is 12.8. The number of aryl methyl sites for hydroxylation is 1. The van der Waals surface area contributed by atoms with Gasteiger partial charge in [0.2, 0.25) is 0 Å². The number of hydrogen-bond donors (Lipinski definition) is 1. The molecule has 0 aliphatic rings. The number of benzene rings is 2. The van der Waals surface area contributed by atoms with Crippen LogP contribution in [0.3, 0.4) is 0 Å². The van der Waals surface area contributed by atoms with Crippen molar-refractivity contribution >= 4 is 17.4 Å². The number of nitrogens with one attached hydrogen (secondary N) is 1. The van der Waals surface area contributed by atoms with Crippen LogP contribution in [0.15, 0.2) is 60.7 Å². The minimum absolute atomic E-state index is 0.0371. The van der Waals surface area contributed by atoms with Gasteiger partial charge < -0.3 is 14.6 Å². The highest BCUT2D eigenvalue weighted by Crippen LogP contribution is 2.22. The van der Waals surface area contributed by atoms with E-state index in [0.29, 0.717) is 16.8 Å². The summed E-state index contributed by atoms with van der Waals surface area (Å²) >= 11 is 0. The summed E-state index contributed by atoms with van der Waals surface area (Å²) in [6, 6.07) is 18.8. The maximum Gasteiger partial charge on any atom is 0.339 e. The Balaban J connectivity index is 1.82. The number of Topliss-reactive ketones (excluding diaryl/α,β-unsaturated/α-hetero) is 1. The number of carbonyl (C=O) groups is 2. The number of carbonyl (C=O) groups excluding carboxylic acids is 2. The van der Waals surface area contributed by atoms with Gasteiger partial charge in [0, 0.05) is 28.3 Å². The number of para-hydroxylation sites is 2. The van der Waals surface area contributed by atoms with Gasteiger partial charge in [-0.3, -0.25) is 4.79 Å². The third kappa shape index (κ3) is 3.77. The first-order valence-electron chi connectivity index (χ1n) is 8.71. The molecule has 2 aromatic carbocycles. The minimum atomic E-state index is -0.437. The molecular weight excluding hydrogens is 340 g/mol. The van der Waals surface area contributed by atoms with Crippen LogP contribution in [0, 0.1) is 13.8 Å². The molecule has 0 amide bonds. The van der Waals surface area contributed by atoms with E-state index in [2.05, 4.69) is 9.88 Å². The van der Waals surface area contributed by atoms with Crippen LogP contribution < -0.4 is 5.32 Å². The molecular formula is C22H22N2O3. The molecule has 27 heavy (non-hydrogen) atoms. The first-order valence-corrected chi connectivity index (χ1v) is 8.71. The number of hydrogen-bond acceptors (Lipinski definition) is 4. The molecule has 0 spiro atoms. The second kappa shape index (κ2) is 7.91. The van der Waals surface area contributed by atoms with Gasteiger partial charge in [-0.1, -0.05) is 30.3 Å². The summed E-state index contributed by atoms with van der Waals surface area (Å²) in [5.74, 6) is -0.474. The number of methoxy groups -OCH3 is 1. The fourth-order valence-corrected chi connectivity index (χ4v) is 3.22. The van der Waals surface area contributed by atoms with Crippen molar-refractivity contribution in [3.8, 4) is 5.69 Å². The number of ether oxygens (including phenoxy) is 1. The highest BCUT2D eigenvalue weighted by atomic mass is 16.5. The zero-order valence-corrected chi connectivity index (χ0v) is 15.7. The highest BCUT2D eigenvalue weighted by Gasteiger charge is 2.17. The topological polar surface area (TPSA) is 60.3 Å². The number of rotatable bonds is 6. The summed E-state index contributed by atoms with van der Waals surface area (Å²) in [5, 5.41) is 3.06. The van der Waals surface area contributed by atoms with Crippen molar-refractivity contribution in [3.63, 3.8) is 0 Å². The third-order valence-corrected chi connectivity index (χ3v) is 4.52. The van der Waals surface area contributed by atoms with E-state index in [1.165, 1.54) is 7.11 Å². The molecule has 0 saturated heterocycles. The Kier molecular flexibility index (Phi) is 5.41. The molecule has 3 aromatic rings. The lowest BCUT2D eigenvalue weighted by Gasteiger charge is -2.11. The van der Waals surface area contributed by atoms with Crippen LogP contribution in [-0.2, 0) is 4.74 Å². The van der Waals surface area contributed by atoms with Gasteiger partial charge in [0.15, 0.2) is 5.78 Å². The van der Waals surface area contributed by atoms with E-state index in [1.807, 2.05) is 50.2 Å². The molecule has 138 valence electrons. The van der Waals surface area contributed by atoms with Crippen LogP contribution in [0.5, 0.6) is 0 Å². The fourth-order valence-electron chi connectivity index (χ4n) is 3.22. The van der Waals surface area contributed by atoms with Gasteiger partial charge in [-0.05, 0) is 44.2 Å². The van der Waals surface area contributed by atoms with Crippen LogP contribution in [0.2, 0.25) is 0 Å². The number of anilines is 1. The van der Waals surface area contributed by atoms with Crippen molar-refractivity contribution in [2.45, 2.75) is 13.8 Å². The van der Waals surface area contributed by atoms with E-state index in [0.717, 1.165) is 17.1 Å². The molecule has 0 aliphatic heterocycles. The summed E-state index contributed by atoms with van der Waals surface area (Å²) in [4.78, 5) is 24.7. The lowest BCUT2D eigenvalue weighted by atomic mass is 10.1. The molecule has 1 N–H and O–H groups in total. The molecule has 0 radical (unpaired) electrons. The summed E-state index contributed by atoms with van der Waals surface area (Å²) < 4.78 is 6.85. The van der Waals surface area contributed by atoms with E-state index in [4.69, 9.17) is 4.74 Å². The van der Waals surface area contributed by atoms with Gasteiger partial charge >= 0.3 is 5.97 Å². The summed E-state index contributed by atoms with van der Waals surface area (Å²) in [6.45, 7) is 4.01. The lowest BCUT2D eigenvalue weighted by molar-refractivity contribution is 0.0601. The predicted octanol–water partition coefficient (Wildman–Crippen LogP) is 4.18. The molecule has 0 aliphatic carbocycles. The molecule has 5 nitrogen and oxygen atoms in total. The van der Waals surface area contributed by atoms with Crippen molar-refractivity contribution in [1.82, 2.24) is 4.57 Å². The first kappa shape index (κ1) is 18.5.